The molecular formula is C17H19N3O3. The lowest BCUT2D eigenvalue weighted by Crippen LogP contribution is -2.31. The van der Waals surface area contributed by atoms with Crippen LogP contribution in [0.5, 0.6) is 0 Å². The van der Waals surface area contributed by atoms with Gasteiger partial charge in [0.2, 0.25) is 5.89 Å². The normalized spacial score (nSPS) is 17.9. The fraction of sp³-hybridized carbons (Fsp3) is 0.353. The predicted octanol–water partition coefficient (Wildman–Crippen LogP) is 2.81. The van der Waals surface area contributed by atoms with Crippen molar-refractivity contribution in [3.05, 3.63) is 42.3 Å². The number of aromatic nitrogens is 1. The summed E-state index contributed by atoms with van der Waals surface area (Å²) < 4.78 is 5.44. The number of nitrogens with one attached hydrogen (secondary N) is 1. The minimum atomic E-state index is -0.442. The molecule has 3 rings (SSSR count). The summed E-state index contributed by atoms with van der Waals surface area (Å²) in [6.45, 7) is 4.16. The molecule has 0 radical (unpaired) electrons. The first kappa shape index (κ1) is 15.3. The molecule has 2 heterocycles. The number of imide groups is 1. The van der Waals surface area contributed by atoms with Crippen molar-refractivity contribution in [1.29, 1.82) is 0 Å². The van der Waals surface area contributed by atoms with Crippen LogP contribution in [0, 0.1) is 5.92 Å². The van der Waals surface area contributed by atoms with Crippen molar-refractivity contribution in [2.45, 2.75) is 32.9 Å². The topological polar surface area (TPSA) is 75.4 Å². The number of carbonyl (C=O) groups is 2. The fourth-order valence-corrected chi connectivity index (χ4v) is 2.61. The van der Waals surface area contributed by atoms with Crippen molar-refractivity contribution in [2.24, 2.45) is 5.92 Å². The zero-order chi connectivity index (χ0) is 16.4. The lowest BCUT2D eigenvalue weighted by molar-refractivity contribution is -0.128. The molecule has 23 heavy (non-hydrogen) atoms. The van der Waals surface area contributed by atoms with E-state index < -0.39 is 6.04 Å². The predicted molar refractivity (Wildman–Crippen MR) is 84.3 cm³/mol. The molecule has 1 N–H and O–H groups in total. The first-order valence-corrected chi connectivity index (χ1v) is 7.66. The number of hydrogen-bond acceptors (Lipinski definition) is 4. The average molecular weight is 313 g/mol. The van der Waals surface area contributed by atoms with Gasteiger partial charge in [0.25, 0.3) is 5.91 Å². The first-order chi connectivity index (χ1) is 11.0. The minimum absolute atomic E-state index is 0.121. The Labute approximate surface area is 134 Å². The number of benzene rings is 1. The number of nitrogens with zero attached hydrogens (tertiary/aromatic N) is 2. The monoisotopic (exact) mass is 313 g/mol. The van der Waals surface area contributed by atoms with Crippen LogP contribution >= 0.6 is 0 Å². The van der Waals surface area contributed by atoms with Crippen LogP contribution in [0.15, 0.2) is 41.0 Å². The summed E-state index contributed by atoms with van der Waals surface area (Å²) in [6, 6.07) is 8.67. The van der Waals surface area contributed by atoms with Gasteiger partial charge in [-0.3, -0.25) is 9.69 Å². The van der Waals surface area contributed by atoms with Crippen LogP contribution in [0.3, 0.4) is 0 Å². The molecule has 1 aliphatic rings. The van der Waals surface area contributed by atoms with Crippen molar-refractivity contribution in [3.63, 3.8) is 0 Å². The van der Waals surface area contributed by atoms with Crippen molar-refractivity contribution >= 4 is 11.9 Å². The second kappa shape index (κ2) is 6.24. The Morgan fingerprint density at radius 1 is 1.26 bits per heavy atom. The molecule has 0 bridgehead atoms. The van der Waals surface area contributed by atoms with E-state index in [1.807, 2.05) is 44.2 Å². The number of oxazole rings is 1. The van der Waals surface area contributed by atoms with E-state index in [9.17, 15) is 9.59 Å². The third kappa shape index (κ3) is 3.26. The van der Waals surface area contributed by atoms with Gasteiger partial charge >= 0.3 is 6.03 Å². The zero-order valence-corrected chi connectivity index (χ0v) is 13.2. The van der Waals surface area contributed by atoms with Gasteiger partial charge in [-0.1, -0.05) is 32.0 Å². The highest BCUT2D eigenvalue weighted by atomic mass is 16.3. The lowest BCUT2D eigenvalue weighted by Gasteiger charge is -2.12. The van der Waals surface area contributed by atoms with E-state index in [0.29, 0.717) is 23.9 Å². The van der Waals surface area contributed by atoms with Gasteiger partial charge in [0, 0.05) is 5.56 Å². The summed E-state index contributed by atoms with van der Waals surface area (Å²) in [5, 5.41) is 2.72. The van der Waals surface area contributed by atoms with Gasteiger partial charge in [0.1, 0.15) is 12.3 Å². The van der Waals surface area contributed by atoms with Gasteiger partial charge in [0.15, 0.2) is 0 Å². The molecular weight excluding hydrogens is 294 g/mol. The molecule has 0 saturated carbocycles. The second-order valence-corrected chi connectivity index (χ2v) is 6.07. The first-order valence-electron chi connectivity index (χ1n) is 7.66. The van der Waals surface area contributed by atoms with Crippen molar-refractivity contribution in [3.8, 4) is 11.5 Å². The highest BCUT2D eigenvalue weighted by Gasteiger charge is 2.38. The van der Waals surface area contributed by atoms with Crippen LogP contribution in [0.25, 0.3) is 11.5 Å². The van der Waals surface area contributed by atoms with Crippen molar-refractivity contribution in [2.75, 3.05) is 0 Å². The maximum absolute atomic E-state index is 12.3. The molecule has 3 amide bonds. The van der Waals surface area contributed by atoms with Gasteiger partial charge < -0.3 is 9.73 Å². The van der Waals surface area contributed by atoms with Gasteiger partial charge in [-0.15, -0.1) is 0 Å². The summed E-state index contributed by atoms with van der Waals surface area (Å²) in [6.07, 6.45) is 2.12. The largest absolute Gasteiger partial charge is 0.444 e. The number of rotatable bonds is 5. The highest BCUT2D eigenvalue weighted by molar-refractivity contribution is 6.04. The second-order valence-electron chi connectivity index (χ2n) is 6.07. The standard InChI is InChI=1S/C17H19N3O3/c1-11(2)8-14-16(21)20(17(22)19-14)9-13-10-23-15(18-13)12-6-4-3-5-7-12/h3-7,10-11,14H,8-9H2,1-2H3,(H,19,22)/t14-/m1/s1. The Kier molecular flexibility index (Phi) is 4.14. The molecule has 1 fully saturated rings. The molecule has 6 nitrogen and oxygen atoms in total. The molecule has 2 aromatic rings. The maximum Gasteiger partial charge on any atom is 0.325 e. The van der Waals surface area contributed by atoms with E-state index in [1.54, 1.807) is 0 Å². The average Bonchev–Trinajstić information content (AvgIpc) is 3.09. The van der Waals surface area contributed by atoms with Gasteiger partial charge in [-0.25, -0.2) is 9.78 Å². The zero-order valence-electron chi connectivity index (χ0n) is 13.2. The van der Waals surface area contributed by atoms with Gasteiger partial charge in [-0.05, 0) is 24.5 Å². The van der Waals surface area contributed by atoms with E-state index in [1.165, 1.54) is 11.2 Å². The Hall–Kier alpha value is -2.63. The summed E-state index contributed by atoms with van der Waals surface area (Å²) in [5.74, 6) is 0.611. The third-order valence-corrected chi connectivity index (χ3v) is 3.71. The van der Waals surface area contributed by atoms with Gasteiger partial charge in [0.05, 0.1) is 12.2 Å². The number of hydrogen-bond donors (Lipinski definition) is 1. The van der Waals surface area contributed by atoms with Crippen molar-refractivity contribution in [1.82, 2.24) is 15.2 Å². The van der Waals surface area contributed by atoms with Crippen molar-refractivity contribution < 1.29 is 14.0 Å². The summed E-state index contributed by atoms with van der Waals surface area (Å²) in [4.78, 5) is 29.9. The summed E-state index contributed by atoms with van der Waals surface area (Å²) in [5.41, 5.74) is 1.41. The Bertz CT molecular complexity index is 709. The van der Waals surface area contributed by atoms with Crippen LogP contribution in [-0.2, 0) is 11.3 Å². The quantitative estimate of drug-likeness (QED) is 0.861. The molecule has 6 heteroatoms. The maximum atomic E-state index is 12.3. The van der Waals surface area contributed by atoms with Crippen LogP contribution < -0.4 is 5.32 Å². The smallest absolute Gasteiger partial charge is 0.325 e. The van der Waals surface area contributed by atoms with Gasteiger partial charge in [-0.2, -0.15) is 0 Å². The molecule has 0 unspecified atom stereocenters. The van der Waals surface area contributed by atoms with E-state index in [-0.39, 0.29) is 18.5 Å². The molecule has 120 valence electrons. The number of urea groups is 1. The third-order valence-electron chi connectivity index (χ3n) is 3.71. The molecule has 0 spiro atoms. The Balaban J connectivity index is 1.71. The van der Waals surface area contributed by atoms with E-state index in [0.717, 1.165) is 5.56 Å². The van der Waals surface area contributed by atoms with Crippen LogP contribution in [0.2, 0.25) is 0 Å². The van der Waals surface area contributed by atoms with E-state index in [2.05, 4.69) is 10.3 Å². The molecule has 0 aliphatic carbocycles. The number of carbonyl (C=O) groups excluding carboxylic acids is 2. The molecule has 1 aromatic heterocycles. The molecule has 1 saturated heterocycles. The molecule has 1 atom stereocenters. The Morgan fingerprint density at radius 2 is 2.00 bits per heavy atom. The fourth-order valence-electron chi connectivity index (χ4n) is 2.61. The van der Waals surface area contributed by atoms with E-state index in [4.69, 9.17) is 4.42 Å². The number of amides is 3. The van der Waals surface area contributed by atoms with E-state index >= 15 is 0 Å². The summed E-state index contributed by atoms with van der Waals surface area (Å²) >= 11 is 0. The van der Waals surface area contributed by atoms with Crippen LogP contribution in [-0.4, -0.2) is 27.9 Å². The molecule has 1 aromatic carbocycles. The minimum Gasteiger partial charge on any atom is -0.444 e. The molecule has 1 aliphatic heterocycles. The SMILES string of the molecule is CC(C)C[C@H]1NC(=O)N(Cc2coc(-c3ccccc3)n2)C1=O. The lowest BCUT2D eigenvalue weighted by atomic mass is 10.0. The summed E-state index contributed by atoms with van der Waals surface area (Å²) in [7, 11) is 0. The Morgan fingerprint density at radius 3 is 2.70 bits per heavy atom. The van der Waals surface area contributed by atoms with Crippen LogP contribution in [0.4, 0.5) is 4.79 Å². The highest BCUT2D eigenvalue weighted by Crippen LogP contribution is 2.21. The van der Waals surface area contributed by atoms with Crippen LogP contribution in [0.1, 0.15) is 26.0 Å².